The molecule has 1 saturated heterocycles. The Balaban J connectivity index is 2.33. The number of aliphatic hydroxyl groups is 1. The molecule has 19 heavy (non-hydrogen) atoms. The molecule has 1 aromatic rings. The third-order valence-electron chi connectivity index (χ3n) is 3.28. The highest BCUT2D eigenvalue weighted by molar-refractivity contribution is 7.89. The highest BCUT2D eigenvalue weighted by Crippen LogP contribution is 2.25. The first-order valence-electron chi connectivity index (χ1n) is 5.92. The van der Waals surface area contributed by atoms with Gasteiger partial charge >= 0.3 is 0 Å². The SMILES string of the molecule is CN(C1CCOC1)S(=O)(=O)c1ccc(Cl)c(CO)c1. The Kier molecular flexibility index (Phi) is 4.47. The lowest BCUT2D eigenvalue weighted by atomic mass is 10.2. The van der Waals surface area contributed by atoms with Crippen molar-refractivity contribution in [1.82, 2.24) is 4.31 Å². The standard InChI is InChI=1S/C12H16ClNO4S/c1-14(10-4-5-18-8-10)19(16,17)11-2-3-12(13)9(6-11)7-15/h2-3,6,10,15H,4-5,7-8H2,1H3. The summed E-state index contributed by atoms with van der Waals surface area (Å²) in [6, 6.07) is 4.20. The molecule has 0 saturated carbocycles. The van der Waals surface area contributed by atoms with E-state index in [0.29, 0.717) is 30.2 Å². The summed E-state index contributed by atoms with van der Waals surface area (Å²) in [5, 5.41) is 9.50. The Morgan fingerprint density at radius 1 is 1.53 bits per heavy atom. The van der Waals surface area contributed by atoms with Gasteiger partial charge < -0.3 is 9.84 Å². The van der Waals surface area contributed by atoms with Gasteiger partial charge in [-0.1, -0.05) is 11.6 Å². The highest BCUT2D eigenvalue weighted by Gasteiger charge is 2.30. The largest absolute Gasteiger partial charge is 0.392 e. The Hall–Kier alpha value is -0.660. The van der Waals surface area contributed by atoms with Crippen LogP contribution in [0.15, 0.2) is 23.1 Å². The van der Waals surface area contributed by atoms with Gasteiger partial charge in [-0.05, 0) is 30.2 Å². The Morgan fingerprint density at radius 3 is 2.84 bits per heavy atom. The smallest absolute Gasteiger partial charge is 0.243 e. The molecule has 1 unspecified atom stereocenters. The van der Waals surface area contributed by atoms with Crippen molar-refractivity contribution in [3.05, 3.63) is 28.8 Å². The van der Waals surface area contributed by atoms with Crippen LogP contribution < -0.4 is 0 Å². The van der Waals surface area contributed by atoms with E-state index >= 15 is 0 Å². The van der Waals surface area contributed by atoms with Gasteiger partial charge in [0, 0.05) is 18.7 Å². The van der Waals surface area contributed by atoms with E-state index in [9.17, 15) is 8.42 Å². The second-order valence-electron chi connectivity index (χ2n) is 4.45. The molecular formula is C12H16ClNO4S. The molecule has 0 aromatic heterocycles. The maximum atomic E-state index is 12.4. The minimum atomic E-state index is -3.59. The van der Waals surface area contributed by atoms with Crippen LogP contribution in [0.25, 0.3) is 0 Å². The lowest BCUT2D eigenvalue weighted by Crippen LogP contribution is -2.37. The molecule has 1 N–H and O–H groups in total. The molecule has 1 heterocycles. The lowest BCUT2D eigenvalue weighted by Gasteiger charge is -2.22. The molecule has 0 bridgehead atoms. The second-order valence-corrected chi connectivity index (χ2v) is 6.85. The zero-order valence-corrected chi connectivity index (χ0v) is 12.1. The summed E-state index contributed by atoms with van der Waals surface area (Å²) in [4.78, 5) is 0.135. The molecule has 106 valence electrons. The Morgan fingerprint density at radius 2 is 2.26 bits per heavy atom. The minimum absolute atomic E-state index is 0.135. The summed E-state index contributed by atoms with van der Waals surface area (Å²) < 4.78 is 31.4. The molecule has 0 amide bonds. The van der Waals surface area contributed by atoms with Crippen LogP contribution in [0, 0.1) is 0 Å². The summed E-state index contributed by atoms with van der Waals surface area (Å²) in [6.07, 6.45) is 0.691. The molecular weight excluding hydrogens is 290 g/mol. The third kappa shape index (κ3) is 2.93. The maximum Gasteiger partial charge on any atom is 0.243 e. The molecule has 0 aliphatic carbocycles. The zero-order chi connectivity index (χ0) is 14.0. The van der Waals surface area contributed by atoms with E-state index in [2.05, 4.69) is 0 Å². The van der Waals surface area contributed by atoms with E-state index in [4.69, 9.17) is 21.4 Å². The molecule has 7 heteroatoms. The average Bonchev–Trinajstić information content (AvgIpc) is 2.91. The number of halogens is 1. The Bertz CT molecular complexity index is 555. The first-order valence-corrected chi connectivity index (χ1v) is 7.73. The first-order chi connectivity index (χ1) is 8.96. The fourth-order valence-corrected chi connectivity index (χ4v) is 3.60. The van der Waals surface area contributed by atoms with Crippen LogP contribution in [0.4, 0.5) is 0 Å². The number of nitrogens with zero attached hydrogens (tertiary/aromatic N) is 1. The fourth-order valence-electron chi connectivity index (χ4n) is 2.00. The van der Waals surface area contributed by atoms with Gasteiger partial charge in [0.2, 0.25) is 10.0 Å². The molecule has 2 rings (SSSR count). The molecule has 1 aromatic carbocycles. The zero-order valence-electron chi connectivity index (χ0n) is 10.5. The average molecular weight is 306 g/mol. The number of sulfonamides is 1. The van der Waals surface area contributed by atoms with Gasteiger partial charge in [-0.3, -0.25) is 0 Å². The van der Waals surface area contributed by atoms with Crippen LogP contribution in [0.5, 0.6) is 0 Å². The van der Waals surface area contributed by atoms with Gasteiger partial charge in [0.15, 0.2) is 0 Å². The number of likely N-dealkylation sites (N-methyl/N-ethyl adjacent to an activating group) is 1. The number of hydrogen-bond acceptors (Lipinski definition) is 4. The monoisotopic (exact) mass is 305 g/mol. The van der Waals surface area contributed by atoms with Crippen molar-refractivity contribution in [1.29, 1.82) is 0 Å². The predicted molar refractivity (Wildman–Crippen MR) is 71.5 cm³/mol. The van der Waals surface area contributed by atoms with Crippen molar-refractivity contribution in [2.24, 2.45) is 0 Å². The molecule has 0 radical (unpaired) electrons. The van der Waals surface area contributed by atoms with Gasteiger partial charge in [0.1, 0.15) is 0 Å². The molecule has 0 spiro atoms. The molecule has 1 aliphatic heterocycles. The van der Waals surface area contributed by atoms with E-state index < -0.39 is 10.0 Å². The number of hydrogen-bond donors (Lipinski definition) is 1. The maximum absolute atomic E-state index is 12.4. The normalized spacial score (nSPS) is 20.1. The van der Waals surface area contributed by atoms with Gasteiger partial charge in [0.25, 0.3) is 0 Å². The van der Waals surface area contributed by atoms with Crippen molar-refractivity contribution in [3.63, 3.8) is 0 Å². The lowest BCUT2D eigenvalue weighted by molar-refractivity contribution is 0.181. The van der Waals surface area contributed by atoms with Gasteiger partial charge in [-0.2, -0.15) is 4.31 Å². The van der Waals surface area contributed by atoms with E-state index in [-0.39, 0.29) is 17.5 Å². The van der Waals surface area contributed by atoms with Crippen molar-refractivity contribution >= 4 is 21.6 Å². The Labute approximate surface area is 117 Å². The second kappa shape index (κ2) is 5.76. The van der Waals surface area contributed by atoms with E-state index in [1.54, 1.807) is 7.05 Å². The van der Waals surface area contributed by atoms with Crippen molar-refractivity contribution in [2.75, 3.05) is 20.3 Å². The minimum Gasteiger partial charge on any atom is -0.392 e. The number of rotatable bonds is 4. The van der Waals surface area contributed by atoms with E-state index in [1.807, 2.05) is 0 Å². The fraction of sp³-hybridized carbons (Fsp3) is 0.500. The first kappa shape index (κ1) is 14.7. The quantitative estimate of drug-likeness (QED) is 0.909. The van der Waals surface area contributed by atoms with E-state index in [0.717, 1.165) is 0 Å². The van der Waals surface area contributed by atoms with Crippen LogP contribution in [0.3, 0.4) is 0 Å². The number of ether oxygens (including phenoxy) is 1. The molecule has 5 nitrogen and oxygen atoms in total. The third-order valence-corrected chi connectivity index (χ3v) is 5.56. The predicted octanol–water partition coefficient (Wildman–Crippen LogP) is 1.24. The van der Waals surface area contributed by atoms with Crippen molar-refractivity contribution < 1.29 is 18.3 Å². The molecule has 1 aliphatic rings. The van der Waals surface area contributed by atoms with Crippen molar-refractivity contribution in [3.8, 4) is 0 Å². The number of aliphatic hydroxyl groups excluding tert-OH is 1. The van der Waals surface area contributed by atoms with E-state index in [1.165, 1.54) is 22.5 Å². The highest BCUT2D eigenvalue weighted by atomic mass is 35.5. The van der Waals surface area contributed by atoms with Crippen LogP contribution in [-0.2, 0) is 21.4 Å². The summed E-state index contributed by atoms with van der Waals surface area (Å²) in [6.45, 7) is 0.696. The number of benzene rings is 1. The molecule has 1 atom stereocenters. The topological polar surface area (TPSA) is 66.8 Å². The summed E-state index contributed by atoms with van der Waals surface area (Å²) in [7, 11) is -2.04. The van der Waals surface area contributed by atoms with Crippen molar-refractivity contribution in [2.45, 2.75) is 24.0 Å². The van der Waals surface area contributed by atoms with Gasteiger partial charge in [-0.15, -0.1) is 0 Å². The van der Waals surface area contributed by atoms with Gasteiger partial charge in [0.05, 0.1) is 24.2 Å². The summed E-state index contributed by atoms with van der Waals surface area (Å²) in [5.41, 5.74) is 0.402. The van der Waals surface area contributed by atoms with Crippen LogP contribution in [0.2, 0.25) is 5.02 Å². The molecule has 1 fully saturated rings. The summed E-state index contributed by atoms with van der Waals surface area (Å²) >= 11 is 5.86. The van der Waals surface area contributed by atoms with Gasteiger partial charge in [-0.25, -0.2) is 8.42 Å². The summed E-state index contributed by atoms with van der Waals surface area (Å²) in [5.74, 6) is 0. The van der Waals surface area contributed by atoms with Crippen LogP contribution in [-0.4, -0.2) is 44.1 Å². The van der Waals surface area contributed by atoms with Crippen LogP contribution >= 0.6 is 11.6 Å². The van der Waals surface area contributed by atoms with Crippen LogP contribution in [0.1, 0.15) is 12.0 Å².